The highest BCUT2D eigenvalue weighted by molar-refractivity contribution is 5.37. The first-order chi connectivity index (χ1) is 9.67. The maximum Gasteiger partial charge on any atom is 0.143 e. The number of aromatic nitrogens is 2. The van der Waals surface area contributed by atoms with Crippen molar-refractivity contribution in [2.75, 3.05) is 5.43 Å². The van der Waals surface area contributed by atoms with Crippen molar-refractivity contribution in [3.05, 3.63) is 17.6 Å². The van der Waals surface area contributed by atoms with E-state index < -0.39 is 0 Å². The van der Waals surface area contributed by atoms with Gasteiger partial charge in [-0.05, 0) is 50.4 Å². The Morgan fingerprint density at radius 3 is 2.25 bits per heavy atom. The summed E-state index contributed by atoms with van der Waals surface area (Å²) in [6.07, 6.45) is 7.60. The van der Waals surface area contributed by atoms with Crippen molar-refractivity contribution in [3.8, 4) is 0 Å². The number of hydrogen-bond donors (Lipinski definition) is 2. The van der Waals surface area contributed by atoms with Gasteiger partial charge in [0.15, 0.2) is 0 Å². The second-order valence-electron chi connectivity index (χ2n) is 6.81. The summed E-state index contributed by atoms with van der Waals surface area (Å²) in [5.41, 5.74) is 3.89. The highest BCUT2D eigenvalue weighted by Crippen LogP contribution is 2.42. The average molecular weight is 274 g/mol. The molecule has 0 spiro atoms. The molecule has 0 saturated heterocycles. The van der Waals surface area contributed by atoms with Crippen molar-refractivity contribution >= 4 is 5.82 Å². The lowest BCUT2D eigenvalue weighted by molar-refractivity contribution is 0.254. The lowest BCUT2D eigenvalue weighted by Crippen LogP contribution is -2.20. The Morgan fingerprint density at radius 1 is 1.05 bits per heavy atom. The fraction of sp³-hybridized carbons (Fsp3) is 0.750. The van der Waals surface area contributed by atoms with E-state index in [2.05, 4.69) is 24.3 Å². The van der Waals surface area contributed by atoms with Gasteiger partial charge in [-0.25, -0.2) is 15.8 Å². The van der Waals surface area contributed by atoms with Crippen LogP contribution in [0.4, 0.5) is 5.82 Å². The Morgan fingerprint density at radius 2 is 1.70 bits per heavy atom. The molecule has 0 unspecified atom stereocenters. The molecule has 4 nitrogen and oxygen atoms in total. The molecule has 0 atom stereocenters. The molecule has 2 aliphatic carbocycles. The van der Waals surface area contributed by atoms with Gasteiger partial charge in [0.25, 0.3) is 0 Å². The Hall–Kier alpha value is -1.16. The van der Waals surface area contributed by atoms with Crippen LogP contribution in [0.5, 0.6) is 0 Å². The Bertz CT molecular complexity index is 460. The minimum atomic E-state index is 0.524. The smallest absolute Gasteiger partial charge is 0.143 e. The summed E-state index contributed by atoms with van der Waals surface area (Å²) in [6.45, 7) is 4.68. The number of nitrogens with zero attached hydrogens (tertiary/aromatic N) is 2. The second-order valence-corrected chi connectivity index (χ2v) is 6.81. The van der Waals surface area contributed by atoms with E-state index in [4.69, 9.17) is 10.8 Å². The number of hydrogen-bond acceptors (Lipinski definition) is 4. The highest BCUT2D eigenvalue weighted by atomic mass is 15.3. The second kappa shape index (κ2) is 5.68. The third-order valence-electron chi connectivity index (χ3n) is 4.99. The van der Waals surface area contributed by atoms with Crippen LogP contribution in [0, 0.1) is 11.8 Å². The van der Waals surface area contributed by atoms with Gasteiger partial charge in [-0.1, -0.05) is 13.8 Å². The fourth-order valence-electron chi connectivity index (χ4n) is 3.37. The normalized spacial score (nSPS) is 26.8. The Labute approximate surface area is 121 Å². The molecule has 20 heavy (non-hydrogen) atoms. The fourth-order valence-corrected chi connectivity index (χ4v) is 3.37. The van der Waals surface area contributed by atoms with Crippen LogP contribution in [0.15, 0.2) is 6.07 Å². The lowest BCUT2D eigenvalue weighted by Gasteiger charge is -2.30. The zero-order valence-electron chi connectivity index (χ0n) is 12.6. The molecule has 0 bridgehead atoms. The first-order valence-corrected chi connectivity index (χ1v) is 8.03. The Balaban J connectivity index is 1.75. The predicted molar refractivity (Wildman–Crippen MR) is 81.4 cm³/mol. The molecule has 3 rings (SSSR count). The molecule has 1 heterocycles. The highest BCUT2D eigenvalue weighted by Gasteiger charge is 2.29. The number of anilines is 1. The summed E-state index contributed by atoms with van der Waals surface area (Å²) >= 11 is 0. The van der Waals surface area contributed by atoms with Gasteiger partial charge in [0.1, 0.15) is 11.6 Å². The van der Waals surface area contributed by atoms with Crippen LogP contribution in [0.2, 0.25) is 0 Å². The van der Waals surface area contributed by atoms with Crippen molar-refractivity contribution in [1.82, 2.24) is 9.97 Å². The lowest BCUT2D eigenvalue weighted by atomic mass is 9.76. The molecule has 0 aromatic carbocycles. The van der Waals surface area contributed by atoms with Gasteiger partial charge in [0.05, 0.1) is 0 Å². The SMILES string of the molecule is CC(C)C1CCC(c2nc(NN)cc(C3CC3)n2)CC1. The molecule has 1 aromatic heterocycles. The minimum Gasteiger partial charge on any atom is -0.308 e. The van der Waals surface area contributed by atoms with Crippen molar-refractivity contribution in [2.24, 2.45) is 17.7 Å². The zero-order valence-corrected chi connectivity index (χ0v) is 12.6. The molecule has 2 aliphatic rings. The number of nitrogens with one attached hydrogen (secondary N) is 1. The van der Waals surface area contributed by atoms with Crippen LogP contribution in [0.1, 0.15) is 75.7 Å². The molecule has 0 amide bonds. The molecule has 110 valence electrons. The van der Waals surface area contributed by atoms with Gasteiger partial charge in [-0.2, -0.15) is 0 Å². The summed E-state index contributed by atoms with van der Waals surface area (Å²) in [4.78, 5) is 9.44. The topological polar surface area (TPSA) is 63.8 Å². The summed E-state index contributed by atoms with van der Waals surface area (Å²) in [7, 11) is 0. The molecular weight excluding hydrogens is 248 g/mol. The van der Waals surface area contributed by atoms with Gasteiger partial charge in [0.2, 0.25) is 0 Å². The Kier molecular flexibility index (Phi) is 3.92. The molecule has 4 heteroatoms. The third kappa shape index (κ3) is 2.95. The predicted octanol–water partition coefficient (Wildman–Crippen LogP) is 3.57. The molecule has 2 fully saturated rings. The van der Waals surface area contributed by atoms with E-state index in [1.54, 1.807) is 0 Å². The first kappa shape index (κ1) is 13.8. The van der Waals surface area contributed by atoms with Crippen LogP contribution >= 0.6 is 0 Å². The van der Waals surface area contributed by atoms with Crippen LogP contribution in [0.3, 0.4) is 0 Å². The number of hydrazine groups is 1. The number of nitrogen functional groups attached to an aromatic ring is 1. The standard InChI is InChI=1S/C16H26N4/c1-10(2)11-3-7-13(8-4-11)16-18-14(12-5-6-12)9-15(19-16)20-17/h9-13H,3-8,17H2,1-2H3,(H,18,19,20). The van der Waals surface area contributed by atoms with Crippen molar-refractivity contribution < 1.29 is 0 Å². The van der Waals surface area contributed by atoms with E-state index in [-0.39, 0.29) is 0 Å². The average Bonchev–Trinajstić information content (AvgIpc) is 3.31. The van der Waals surface area contributed by atoms with E-state index >= 15 is 0 Å². The monoisotopic (exact) mass is 274 g/mol. The molecule has 2 saturated carbocycles. The largest absolute Gasteiger partial charge is 0.308 e. The van der Waals surface area contributed by atoms with Crippen LogP contribution in [-0.2, 0) is 0 Å². The van der Waals surface area contributed by atoms with Gasteiger partial charge >= 0.3 is 0 Å². The quantitative estimate of drug-likeness (QED) is 0.651. The summed E-state index contributed by atoms with van der Waals surface area (Å²) in [5, 5.41) is 0. The van der Waals surface area contributed by atoms with Crippen LogP contribution in [0.25, 0.3) is 0 Å². The summed E-state index contributed by atoms with van der Waals surface area (Å²) in [5.74, 6) is 10.2. The third-order valence-corrected chi connectivity index (χ3v) is 4.99. The number of rotatable bonds is 4. The zero-order chi connectivity index (χ0) is 14.1. The summed E-state index contributed by atoms with van der Waals surface area (Å²) < 4.78 is 0. The van der Waals surface area contributed by atoms with Crippen LogP contribution in [-0.4, -0.2) is 9.97 Å². The molecule has 3 N–H and O–H groups in total. The molecular formula is C16H26N4. The van der Waals surface area contributed by atoms with E-state index in [1.165, 1.54) is 44.2 Å². The molecule has 0 aliphatic heterocycles. The molecule has 1 aromatic rings. The maximum atomic E-state index is 5.56. The van der Waals surface area contributed by atoms with Crippen molar-refractivity contribution in [3.63, 3.8) is 0 Å². The minimum absolute atomic E-state index is 0.524. The van der Waals surface area contributed by atoms with Gasteiger partial charge in [-0.3, -0.25) is 0 Å². The maximum absolute atomic E-state index is 5.56. The van der Waals surface area contributed by atoms with Gasteiger partial charge in [-0.15, -0.1) is 0 Å². The van der Waals surface area contributed by atoms with Crippen molar-refractivity contribution in [2.45, 2.75) is 64.2 Å². The van der Waals surface area contributed by atoms with E-state index in [0.717, 1.165) is 23.5 Å². The van der Waals surface area contributed by atoms with Crippen molar-refractivity contribution in [1.29, 1.82) is 0 Å². The summed E-state index contributed by atoms with van der Waals surface area (Å²) in [6, 6.07) is 2.01. The first-order valence-electron chi connectivity index (χ1n) is 8.03. The van der Waals surface area contributed by atoms with E-state index in [9.17, 15) is 0 Å². The van der Waals surface area contributed by atoms with Gasteiger partial charge in [0, 0.05) is 23.6 Å². The van der Waals surface area contributed by atoms with E-state index in [0.29, 0.717) is 11.8 Å². The number of nitrogens with two attached hydrogens (primary N) is 1. The van der Waals surface area contributed by atoms with E-state index in [1.807, 2.05) is 6.07 Å². The van der Waals surface area contributed by atoms with Crippen LogP contribution < -0.4 is 11.3 Å². The molecule has 0 radical (unpaired) electrons. The van der Waals surface area contributed by atoms with Gasteiger partial charge < -0.3 is 5.43 Å².